The third kappa shape index (κ3) is 2.12. The molecule has 0 aromatic rings. The highest BCUT2D eigenvalue weighted by Crippen LogP contribution is 2.04. The zero-order valence-corrected chi connectivity index (χ0v) is 5.82. The van der Waals surface area contributed by atoms with Gasteiger partial charge in [-0.1, -0.05) is 12.5 Å². The summed E-state index contributed by atoms with van der Waals surface area (Å²) in [6.07, 6.45) is 1.01. The first-order valence-corrected chi connectivity index (χ1v) is 2.95. The van der Waals surface area contributed by atoms with Gasteiger partial charge >= 0.3 is 0 Å². The Bertz CT molecular complexity index is 80.6. The molecule has 0 heterocycles. The van der Waals surface area contributed by atoms with E-state index in [9.17, 15) is 5.11 Å². The number of hydrogen-bond donors (Lipinski definition) is 0. The van der Waals surface area contributed by atoms with Crippen LogP contribution in [0.4, 0.5) is 0 Å². The van der Waals surface area contributed by atoms with Crippen LogP contribution >= 0.6 is 0 Å². The van der Waals surface area contributed by atoms with Crippen molar-refractivity contribution < 1.29 is 5.11 Å². The Morgan fingerprint density at radius 1 is 1.25 bits per heavy atom. The normalized spacial score (nSPS) is 13.5. The van der Waals surface area contributed by atoms with E-state index >= 15 is 0 Å². The molecule has 0 unspecified atom stereocenters. The summed E-state index contributed by atoms with van der Waals surface area (Å²) in [5.41, 5.74) is 2.23. The van der Waals surface area contributed by atoms with Crippen LogP contribution in [-0.4, -0.2) is 6.61 Å². The number of hydrogen-bond acceptors (Lipinski definition) is 0. The van der Waals surface area contributed by atoms with Gasteiger partial charge in [-0.05, 0) is 25.8 Å². The van der Waals surface area contributed by atoms with Crippen LogP contribution in [0.25, 0.3) is 0 Å². The Hall–Kier alpha value is -0.300. The van der Waals surface area contributed by atoms with Crippen LogP contribution in [0.2, 0.25) is 0 Å². The van der Waals surface area contributed by atoms with Gasteiger partial charge in [0, 0.05) is 0 Å². The largest absolute Gasteiger partial charge is 0.232 e. The minimum atomic E-state index is -0.0420. The lowest BCUT2D eigenvalue weighted by molar-refractivity contribution is 0.222. The van der Waals surface area contributed by atoms with Crippen molar-refractivity contribution in [2.75, 3.05) is 6.61 Å². The van der Waals surface area contributed by atoms with Crippen LogP contribution in [0, 0.1) is 0 Å². The number of allylic oxidation sites excluding steroid dienone is 1. The fraction of sp³-hybridized carbons (Fsp3) is 0.714. The summed E-state index contributed by atoms with van der Waals surface area (Å²) in [4.78, 5) is 0. The molecule has 0 amide bonds. The van der Waals surface area contributed by atoms with Crippen molar-refractivity contribution in [1.82, 2.24) is 0 Å². The molecule has 0 fully saturated rings. The molecule has 0 saturated carbocycles. The van der Waals surface area contributed by atoms with Gasteiger partial charge in [0.1, 0.15) is 6.61 Å². The van der Waals surface area contributed by atoms with Gasteiger partial charge in [-0.2, -0.15) is 0 Å². The smallest absolute Gasteiger partial charge is 0.103 e. The molecule has 1 heteroatoms. The molecule has 0 aromatic heterocycles. The van der Waals surface area contributed by atoms with Crippen LogP contribution in [0.1, 0.15) is 27.2 Å². The standard InChI is InChI=1S/C7H13O/c1-4-6(2)7(3)5-8/h4-5H2,1-3H3. The van der Waals surface area contributed by atoms with E-state index in [1.807, 2.05) is 13.8 Å². The summed E-state index contributed by atoms with van der Waals surface area (Å²) in [6.45, 7) is 5.92. The van der Waals surface area contributed by atoms with Gasteiger partial charge in [-0.15, -0.1) is 0 Å². The van der Waals surface area contributed by atoms with Gasteiger partial charge in [0.25, 0.3) is 0 Å². The summed E-state index contributed by atoms with van der Waals surface area (Å²) < 4.78 is 0. The SMILES string of the molecule is CCC(C)=C(C)C[O]. The van der Waals surface area contributed by atoms with Gasteiger partial charge < -0.3 is 0 Å². The Labute approximate surface area is 51.0 Å². The van der Waals surface area contributed by atoms with E-state index in [2.05, 4.69) is 6.92 Å². The van der Waals surface area contributed by atoms with Gasteiger partial charge in [-0.25, -0.2) is 5.11 Å². The molecule has 0 aromatic carbocycles. The fourth-order valence-corrected chi connectivity index (χ4v) is 0.425. The third-order valence-corrected chi connectivity index (χ3v) is 1.48. The highest BCUT2D eigenvalue weighted by atomic mass is 16.3. The second-order valence-electron chi connectivity index (χ2n) is 2.06. The molecular formula is C7H13O. The van der Waals surface area contributed by atoms with Crippen LogP contribution in [0.5, 0.6) is 0 Å². The van der Waals surface area contributed by atoms with Crippen molar-refractivity contribution in [3.8, 4) is 0 Å². The molecule has 0 aliphatic rings. The Morgan fingerprint density at radius 2 is 1.75 bits per heavy atom. The maximum atomic E-state index is 10.2. The Balaban J connectivity index is 3.83. The molecule has 0 aliphatic carbocycles. The van der Waals surface area contributed by atoms with Crippen LogP contribution < -0.4 is 0 Å². The van der Waals surface area contributed by atoms with Crippen molar-refractivity contribution in [2.45, 2.75) is 27.2 Å². The molecule has 47 valence electrons. The van der Waals surface area contributed by atoms with Crippen molar-refractivity contribution in [1.29, 1.82) is 0 Å². The first kappa shape index (κ1) is 7.70. The minimum absolute atomic E-state index is 0.0420. The summed E-state index contributed by atoms with van der Waals surface area (Å²) in [6, 6.07) is 0. The monoisotopic (exact) mass is 113 g/mol. The quantitative estimate of drug-likeness (QED) is 0.489. The molecule has 0 rings (SSSR count). The first-order chi connectivity index (χ1) is 3.72. The topological polar surface area (TPSA) is 19.9 Å². The lowest BCUT2D eigenvalue weighted by atomic mass is 10.1. The van der Waals surface area contributed by atoms with Gasteiger partial charge in [-0.3, -0.25) is 0 Å². The molecule has 0 atom stereocenters. The molecule has 1 nitrogen and oxygen atoms in total. The summed E-state index contributed by atoms with van der Waals surface area (Å²) in [5, 5.41) is 10.2. The van der Waals surface area contributed by atoms with Gasteiger partial charge in [0.2, 0.25) is 0 Å². The van der Waals surface area contributed by atoms with Gasteiger partial charge in [0.05, 0.1) is 0 Å². The van der Waals surface area contributed by atoms with Crippen LogP contribution in [0.3, 0.4) is 0 Å². The second kappa shape index (κ2) is 3.67. The Morgan fingerprint density at radius 3 is 1.88 bits per heavy atom. The average Bonchev–Trinajstić information content (AvgIpc) is 1.84. The predicted molar refractivity (Wildman–Crippen MR) is 34.2 cm³/mol. The van der Waals surface area contributed by atoms with Crippen LogP contribution in [0.15, 0.2) is 11.1 Å². The molecule has 0 N–H and O–H groups in total. The fourth-order valence-electron chi connectivity index (χ4n) is 0.425. The minimum Gasteiger partial charge on any atom is -0.232 e. The third-order valence-electron chi connectivity index (χ3n) is 1.48. The Kier molecular flexibility index (Phi) is 3.53. The van der Waals surface area contributed by atoms with E-state index in [4.69, 9.17) is 0 Å². The lowest BCUT2D eigenvalue weighted by Crippen LogP contribution is -1.86. The highest BCUT2D eigenvalue weighted by Gasteiger charge is 1.90. The summed E-state index contributed by atoms with van der Waals surface area (Å²) >= 11 is 0. The van der Waals surface area contributed by atoms with Crippen molar-refractivity contribution in [2.24, 2.45) is 0 Å². The van der Waals surface area contributed by atoms with E-state index in [-0.39, 0.29) is 6.61 Å². The molecule has 0 bridgehead atoms. The van der Waals surface area contributed by atoms with E-state index in [1.165, 1.54) is 5.57 Å². The van der Waals surface area contributed by atoms with E-state index in [1.54, 1.807) is 0 Å². The zero-order valence-electron chi connectivity index (χ0n) is 5.82. The van der Waals surface area contributed by atoms with Crippen molar-refractivity contribution >= 4 is 0 Å². The average molecular weight is 113 g/mol. The van der Waals surface area contributed by atoms with E-state index < -0.39 is 0 Å². The second-order valence-corrected chi connectivity index (χ2v) is 2.06. The number of rotatable bonds is 2. The maximum absolute atomic E-state index is 10.2. The molecular weight excluding hydrogens is 100 g/mol. The molecule has 0 aliphatic heterocycles. The predicted octanol–water partition coefficient (Wildman–Crippen LogP) is 2.16. The molecule has 1 radical (unpaired) electrons. The van der Waals surface area contributed by atoms with Crippen LogP contribution in [-0.2, 0) is 5.11 Å². The van der Waals surface area contributed by atoms with E-state index in [0.717, 1.165) is 12.0 Å². The van der Waals surface area contributed by atoms with E-state index in [0.29, 0.717) is 0 Å². The zero-order chi connectivity index (χ0) is 6.57. The first-order valence-electron chi connectivity index (χ1n) is 2.95. The van der Waals surface area contributed by atoms with Gasteiger partial charge in [0.15, 0.2) is 0 Å². The molecule has 0 spiro atoms. The lowest BCUT2D eigenvalue weighted by Gasteiger charge is -1.97. The van der Waals surface area contributed by atoms with Crippen molar-refractivity contribution in [3.05, 3.63) is 11.1 Å². The summed E-state index contributed by atoms with van der Waals surface area (Å²) in [5.74, 6) is 0. The molecule has 0 saturated heterocycles. The maximum Gasteiger partial charge on any atom is 0.103 e. The summed E-state index contributed by atoms with van der Waals surface area (Å²) in [7, 11) is 0. The van der Waals surface area contributed by atoms with Crippen molar-refractivity contribution in [3.63, 3.8) is 0 Å². The highest BCUT2D eigenvalue weighted by molar-refractivity contribution is 5.08. The molecule has 8 heavy (non-hydrogen) atoms.